The van der Waals surface area contributed by atoms with Gasteiger partial charge in [-0.3, -0.25) is 4.98 Å². The molecule has 1 heterocycles. The van der Waals surface area contributed by atoms with Crippen LogP contribution in [-0.2, 0) is 0 Å². The molecule has 2 atom stereocenters. The Hall–Kier alpha value is -1.43. The van der Waals surface area contributed by atoms with E-state index in [0.717, 1.165) is 5.56 Å². The summed E-state index contributed by atoms with van der Waals surface area (Å²) in [6.07, 6.45) is 1.43. The number of nitrogens with zero attached hydrogens (tertiary/aromatic N) is 2. The molecule has 0 amide bonds. The Labute approximate surface area is 76.0 Å². The highest BCUT2D eigenvalue weighted by molar-refractivity contribution is 5.44. The van der Waals surface area contributed by atoms with E-state index in [1.165, 1.54) is 0 Å². The summed E-state index contributed by atoms with van der Waals surface area (Å²) < 4.78 is 12.8. The smallest absolute Gasteiger partial charge is 0.108 e. The summed E-state index contributed by atoms with van der Waals surface area (Å²) in [6, 6.07) is 3.82. The van der Waals surface area contributed by atoms with Crippen LogP contribution in [0.3, 0.4) is 0 Å². The van der Waals surface area contributed by atoms with Gasteiger partial charge in [0.1, 0.15) is 12.2 Å². The van der Waals surface area contributed by atoms with Crippen molar-refractivity contribution < 1.29 is 4.39 Å². The molecule has 0 aromatic carbocycles. The minimum absolute atomic E-state index is 0.0589. The number of aryl methyl sites for hydroxylation is 1. The summed E-state index contributed by atoms with van der Waals surface area (Å²) >= 11 is 0. The minimum atomic E-state index is -0.756. The molecule has 1 aliphatic rings. The molecule has 2 rings (SSSR count). The third kappa shape index (κ3) is 1.29. The Morgan fingerprint density at radius 3 is 2.92 bits per heavy atom. The molecule has 13 heavy (non-hydrogen) atoms. The van der Waals surface area contributed by atoms with Gasteiger partial charge in [-0.1, -0.05) is 0 Å². The fourth-order valence-electron chi connectivity index (χ4n) is 1.53. The van der Waals surface area contributed by atoms with Gasteiger partial charge >= 0.3 is 0 Å². The highest BCUT2D eigenvalue weighted by atomic mass is 19.1. The van der Waals surface area contributed by atoms with Crippen LogP contribution in [0.15, 0.2) is 12.3 Å². The van der Waals surface area contributed by atoms with Crippen LogP contribution < -0.4 is 0 Å². The fraction of sp³-hybridized carbons (Fsp3) is 0.400. The second-order valence-corrected chi connectivity index (χ2v) is 3.33. The van der Waals surface area contributed by atoms with E-state index in [-0.39, 0.29) is 5.92 Å². The van der Waals surface area contributed by atoms with Crippen molar-refractivity contribution in [2.45, 2.75) is 25.4 Å². The van der Waals surface area contributed by atoms with E-state index >= 15 is 0 Å². The molecular weight excluding hydrogens is 167 g/mol. The van der Waals surface area contributed by atoms with Crippen molar-refractivity contribution >= 4 is 0 Å². The van der Waals surface area contributed by atoms with Crippen LogP contribution >= 0.6 is 0 Å². The molecule has 0 spiro atoms. The quantitative estimate of drug-likeness (QED) is 0.656. The maximum Gasteiger partial charge on any atom is 0.108 e. The average Bonchev–Trinajstić information content (AvgIpc) is 2.82. The molecule has 0 radical (unpaired) electrons. The van der Waals surface area contributed by atoms with Gasteiger partial charge in [0, 0.05) is 12.1 Å². The zero-order valence-corrected chi connectivity index (χ0v) is 7.29. The van der Waals surface area contributed by atoms with E-state index in [1.807, 2.05) is 0 Å². The average molecular weight is 176 g/mol. The van der Waals surface area contributed by atoms with Crippen LogP contribution in [0, 0.1) is 18.3 Å². The van der Waals surface area contributed by atoms with Crippen molar-refractivity contribution in [1.29, 1.82) is 5.26 Å². The summed E-state index contributed by atoms with van der Waals surface area (Å²) in [5.74, 6) is -0.0589. The standard InChI is InChI=1S/C10H9FN2/c1-6-9(5-12)7(2-3-13-6)8-4-10(8)11/h2-3,8,10H,4H2,1H3/t8-,10-/m1/s1. The topological polar surface area (TPSA) is 36.7 Å². The molecule has 1 aromatic heterocycles. The molecular formula is C10H9FN2. The molecule has 1 saturated carbocycles. The Balaban J connectivity index is 2.46. The van der Waals surface area contributed by atoms with Gasteiger partial charge in [-0.15, -0.1) is 0 Å². The van der Waals surface area contributed by atoms with Crippen LogP contribution in [0.1, 0.15) is 29.2 Å². The monoisotopic (exact) mass is 176 g/mol. The Morgan fingerprint density at radius 1 is 1.69 bits per heavy atom. The first-order chi connectivity index (χ1) is 6.24. The maximum absolute atomic E-state index is 12.8. The Morgan fingerprint density at radius 2 is 2.38 bits per heavy atom. The van der Waals surface area contributed by atoms with Crippen LogP contribution in [0.25, 0.3) is 0 Å². The fourth-order valence-corrected chi connectivity index (χ4v) is 1.53. The van der Waals surface area contributed by atoms with Gasteiger partial charge in [-0.05, 0) is 25.0 Å². The van der Waals surface area contributed by atoms with E-state index in [2.05, 4.69) is 11.1 Å². The second kappa shape index (κ2) is 2.81. The lowest BCUT2D eigenvalue weighted by Crippen LogP contribution is -1.94. The third-order valence-electron chi connectivity index (χ3n) is 2.40. The van der Waals surface area contributed by atoms with Crippen molar-refractivity contribution in [3.63, 3.8) is 0 Å². The van der Waals surface area contributed by atoms with Crippen molar-refractivity contribution in [3.8, 4) is 6.07 Å². The molecule has 0 bridgehead atoms. The predicted molar refractivity (Wildman–Crippen MR) is 45.9 cm³/mol. The molecule has 0 saturated heterocycles. The van der Waals surface area contributed by atoms with Gasteiger partial charge in [0.2, 0.25) is 0 Å². The highest BCUT2D eigenvalue weighted by Crippen LogP contribution is 2.44. The molecule has 1 aliphatic carbocycles. The third-order valence-corrected chi connectivity index (χ3v) is 2.40. The number of alkyl halides is 1. The van der Waals surface area contributed by atoms with Crippen LogP contribution in [0.2, 0.25) is 0 Å². The lowest BCUT2D eigenvalue weighted by Gasteiger charge is -2.02. The number of rotatable bonds is 1. The zero-order valence-electron chi connectivity index (χ0n) is 7.29. The lowest BCUT2D eigenvalue weighted by molar-refractivity contribution is 0.468. The van der Waals surface area contributed by atoms with Crippen molar-refractivity contribution in [2.24, 2.45) is 0 Å². The van der Waals surface area contributed by atoms with E-state index in [0.29, 0.717) is 17.7 Å². The van der Waals surface area contributed by atoms with Crippen LogP contribution in [0.4, 0.5) is 4.39 Å². The summed E-state index contributed by atoms with van der Waals surface area (Å²) in [7, 11) is 0. The van der Waals surface area contributed by atoms with E-state index < -0.39 is 6.17 Å². The minimum Gasteiger partial charge on any atom is -0.260 e. The Kier molecular flexibility index (Phi) is 1.77. The lowest BCUT2D eigenvalue weighted by atomic mass is 10.0. The van der Waals surface area contributed by atoms with Crippen LogP contribution in [-0.4, -0.2) is 11.2 Å². The first-order valence-corrected chi connectivity index (χ1v) is 4.23. The van der Waals surface area contributed by atoms with Crippen molar-refractivity contribution in [1.82, 2.24) is 4.98 Å². The maximum atomic E-state index is 12.8. The molecule has 1 fully saturated rings. The number of aromatic nitrogens is 1. The SMILES string of the molecule is Cc1nccc([C@H]2C[C@H]2F)c1C#N. The molecule has 0 unspecified atom stereocenters. The summed E-state index contributed by atoms with van der Waals surface area (Å²) in [6.45, 7) is 1.78. The van der Waals surface area contributed by atoms with E-state index in [9.17, 15) is 4.39 Å². The van der Waals surface area contributed by atoms with Gasteiger partial charge in [-0.25, -0.2) is 4.39 Å². The van der Waals surface area contributed by atoms with Gasteiger partial charge in [0.15, 0.2) is 0 Å². The molecule has 66 valence electrons. The van der Waals surface area contributed by atoms with Gasteiger partial charge < -0.3 is 0 Å². The van der Waals surface area contributed by atoms with Crippen molar-refractivity contribution in [2.75, 3.05) is 0 Å². The molecule has 0 N–H and O–H groups in total. The molecule has 0 aliphatic heterocycles. The predicted octanol–water partition coefficient (Wildman–Crippen LogP) is 2.09. The van der Waals surface area contributed by atoms with Gasteiger partial charge in [-0.2, -0.15) is 5.26 Å². The van der Waals surface area contributed by atoms with E-state index in [1.54, 1.807) is 19.2 Å². The number of hydrogen-bond donors (Lipinski definition) is 0. The molecule has 1 aromatic rings. The first-order valence-electron chi connectivity index (χ1n) is 4.23. The van der Waals surface area contributed by atoms with E-state index in [4.69, 9.17) is 5.26 Å². The summed E-state index contributed by atoms with van der Waals surface area (Å²) in [5, 5.41) is 8.85. The summed E-state index contributed by atoms with van der Waals surface area (Å²) in [5.41, 5.74) is 2.06. The largest absolute Gasteiger partial charge is 0.260 e. The zero-order chi connectivity index (χ0) is 9.42. The number of nitriles is 1. The Bertz CT molecular complexity index is 381. The number of hydrogen-bond acceptors (Lipinski definition) is 2. The van der Waals surface area contributed by atoms with Gasteiger partial charge in [0.25, 0.3) is 0 Å². The number of pyridine rings is 1. The summed E-state index contributed by atoms with van der Waals surface area (Å²) in [4.78, 5) is 4.00. The number of halogens is 1. The van der Waals surface area contributed by atoms with Gasteiger partial charge in [0.05, 0.1) is 11.3 Å². The molecule has 3 heteroatoms. The van der Waals surface area contributed by atoms with Crippen molar-refractivity contribution in [3.05, 3.63) is 29.1 Å². The van der Waals surface area contributed by atoms with Crippen LogP contribution in [0.5, 0.6) is 0 Å². The first kappa shape index (κ1) is 8.18. The normalized spacial score (nSPS) is 25.3. The second-order valence-electron chi connectivity index (χ2n) is 3.33. The highest BCUT2D eigenvalue weighted by Gasteiger charge is 2.40. The molecule has 2 nitrogen and oxygen atoms in total.